The van der Waals surface area contributed by atoms with Crippen LogP contribution in [0.2, 0.25) is 6.82 Å². The Labute approximate surface area is 186 Å². The number of carbonyl (C=O) groups is 1. The van der Waals surface area contributed by atoms with Gasteiger partial charge in [-0.2, -0.15) is 0 Å². The van der Waals surface area contributed by atoms with Crippen LogP contribution in [0.5, 0.6) is 0 Å². The lowest BCUT2D eigenvalue weighted by atomic mass is 9.84. The van der Waals surface area contributed by atoms with Crippen molar-refractivity contribution in [2.75, 3.05) is 26.2 Å². The molecule has 5 rings (SSSR count). The van der Waals surface area contributed by atoms with Crippen LogP contribution in [0.25, 0.3) is 28.4 Å². The molecule has 1 aliphatic rings. The molecule has 0 saturated carbocycles. The predicted octanol–water partition coefficient (Wildman–Crippen LogP) is 2.35. The highest BCUT2D eigenvalue weighted by Gasteiger charge is 2.26. The van der Waals surface area contributed by atoms with E-state index in [1.54, 1.807) is 19.2 Å². The highest BCUT2D eigenvalue weighted by atomic mass is 16.2. The van der Waals surface area contributed by atoms with E-state index in [1.807, 2.05) is 68.9 Å². The van der Waals surface area contributed by atoms with Crippen LogP contribution in [0.3, 0.4) is 0 Å². The average Bonchev–Trinajstić information content (AvgIpc) is 3.24. The third-order valence-electron chi connectivity index (χ3n) is 5.81. The molecule has 0 aliphatic carbocycles. The Kier molecular flexibility index (Phi) is 5.42. The van der Waals surface area contributed by atoms with Crippen molar-refractivity contribution in [3.63, 3.8) is 0 Å². The first-order valence-electron chi connectivity index (χ1n) is 10.7. The van der Waals surface area contributed by atoms with Crippen molar-refractivity contribution in [1.29, 1.82) is 0 Å². The summed E-state index contributed by atoms with van der Waals surface area (Å²) in [5.41, 5.74) is 3.77. The van der Waals surface area contributed by atoms with Crippen LogP contribution in [0, 0.1) is 0 Å². The van der Waals surface area contributed by atoms with E-state index in [9.17, 15) is 9.82 Å². The molecule has 3 aromatic heterocycles. The molecule has 4 heterocycles. The first-order chi connectivity index (χ1) is 15.6. The van der Waals surface area contributed by atoms with Gasteiger partial charge in [-0.1, -0.05) is 6.07 Å². The number of hydrogen-bond acceptors (Lipinski definition) is 6. The van der Waals surface area contributed by atoms with Crippen LogP contribution >= 0.6 is 0 Å². The number of rotatable bonds is 4. The molecule has 9 heteroatoms. The Balaban J connectivity index is 1.45. The Hall–Kier alpha value is -3.56. The van der Waals surface area contributed by atoms with Crippen molar-refractivity contribution >= 4 is 24.1 Å². The van der Waals surface area contributed by atoms with Gasteiger partial charge in [0.2, 0.25) is 0 Å². The van der Waals surface area contributed by atoms with E-state index in [-0.39, 0.29) is 5.91 Å². The maximum absolute atomic E-state index is 13.0. The van der Waals surface area contributed by atoms with Crippen LogP contribution in [0.1, 0.15) is 10.4 Å². The van der Waals surface area contributed by atoms with E-state index >= 15 is 0 Å². The highest BCUT2D eigenvalue weighted by Crippen LogP contribution is 2.26. The van der Waals surface area contributed by atoms with Gasteiger partial charge in [-0.15, -0.1) is 0 Å². The van der Waals surface area contributed by atoms with Crippen LogP contribution in [0.15, 0.2) is 67.0 Å². The minimum Gasteiger partial charge on any atom is -0.437 e. The van der Waals surface area contributed by atoms with E-state index in [1.165, 1.54) is 0 Å². The maximum Gasteiger partial charge on any atom is 0.376 e. The highest BCUT2D eigenvalue weighted by molar-refractivity contribution is 6.45. The number of nitrogens with zero attached hydrogens (tertiary/aromatic N) is 6. The summed E-state index contributed by atoms with van der Waals surface area (Å²) in [5.74, 6) is 0.702. The van der Waals surface area contributed by atoms with Crippen molar-refractivity contribution in [2.45, 2.75) is 6.82 Å². The molecule has 0 bridgehead atoms. The number of amides is 1. The number of fused-ring (bicyclic) bond motifs is 1. The summed E-state index contributed by atoms with van der Waals surface area (Å²) in [5, 5.41) is 9.73. The van der Waals surface area contributed by atoms with Gasteiger partial charge < -0.3 is 14.7 Å². The average molecular weight is 426 g/mol. The molecule has 1 aliphatic heterocycles. The Morgan fingerprint density at radius 2 is 1.69 bits per heavy atom. The second kappa shape index (κ2) is 8.53. The molecule has 1 amide bonds. The number of carbonyl (C=O) groups excluding carboxylic acids is 1. The van der Waals surface area contributed by atoms with Crippen LogP contribution in [-0.4, -0.2) is 73.4 Å². The monoisotopic (exact) mass is 426 g/mol. The molecular formula is C23H23BN6O2. The third kappa shape index (κ3) is 3.76. The summed E-state index contributed by atoms with van der Waals surface area (Å²) >= 11 is 0. The lowest BCUT2D eigenvalue weighted by Crippen LogP contribution is -2.52. The summed E-state index contributed by atoms with van der Waals surface area (Å²) in [7, 11) is -0.488. The molecule has 32 heavy (non-hydrogen) atoms. The fraction of sp³-hybridized carbons (Fsp3) is 0.217. The van der Waals surface area contributed by atoms with E-state index in [2.05, 4.69) is 9.97 Å². The van der Waals surface area contributed by atoms with Crippen molar-refractivity contribution in [2.24, 2.45) is 0 Å². The molecular weight excluding hydrogens is 403 g/mol. The fourth-order valence-corrected chi connectivity index (χ4v) is 4.06. The minimum atomic E-state index is -0.488. The second-order valence-corrected chi connectivity index (χ2v) is 7.84. The van der Waals surface area contributed by atoms with Crippen LogP contribution < -0.4 is 0 Å². The first-order valence-corrected chi connectivity index (χ1v) is 10.7. The molecule has 1 saturated heterocycles. The number of hydrogen-bond donors (Lipinski definition) is 1. The molecule has 1 N–H and O–H groups in total. The van der Waals surface area contributed by atoms with E-state index in [4.69, 9.17) is 4.98 Å². The molecule has 8 nitrogen and oxygen atoms in total. The summed E-state index contributed by atoms with van der Waals surface area (Å²) in [4.78, 5) is 30.5. The number of pyridine rings is 2. The van der Waals surface area contributed by atoms with Crippen molar-refractivity contribution in [1.82, 2.24) is 29.2 Å². The van der Waals surface area contributed by atoms with Crippen LogP contribution in [0.4, 0.5) is 0 Å². The Morgan fingerprint density at radius 3 is 2.38 bits per heavy atom. The van der Waals surface area contributed by atoms with Crippen molar-refractivity contribution in [3.8, 4) is 17.2 Å². The van der Waals surface area contributed by atoms with Gasteiger partial charge in [0.25, 0.3) is 5.91 Å². The third-order valence-corrected chi connectivity index (χ3v) is 5.81. The number of aromatic nitrogens is 4. The Bertz CT molecular complexity index is 1230. The predicted molar refractivity (Wildman–Crippen MR) is 123 cm³/mol. The van der Waals surface area contributed by atoms with Crippen molar-refractivity contribution < 1.29 is 9.82 Å². The van der Waals surface area contributed by atoms with Crippen LogP contribution in [-0.2, 0) is 0 Å². The van der Waals surface area contributed by atoms with Gasteiger partial charge in [-0.25, -0.2) is 9.97 Å². The van der Waals surface area contributed by atoms with Gasteiger partial charge in [0.15, 0.2) is 11.5 Å². The summed E-state index contributed by atoms with van der Waals surface area (Å²) in [6.45, 7) is 4.30. The zero-order valence-electron chi connectivity index (χ0n) is 17.8. The van der Waals surface area contributed by atoms with E-state index in [0.717, 1.165) is 22.5 Å². The molecule has 160 valence electrons. The largest absolute Gasteiger partial charge is 0.437 e. The standard InChI is InChI=1S/C23H23BN6O2/c1-24(32)29-15-13-28(14-16-29)23(31)17-7-9-18(10-8-17)30-21-20(6-4-12-26-21)27-22(30)19-5-2-3-11-25-19/h2-12,32H,13-16H2,1H3. The number of piperazine rings is 1. The lowest BCUT2D eigenvalue weighted by Gasteiger charge is -2.35. The summed E-state index contributed by atoms with van der Waals surface area (Å²) in [6, 6.07) is 17.0. The molecule has 0 radical (unpaired) electrons. The smallest absolute Gasteiger partial charge is 0.376 e. The zero-order chi connectivity index (χ0) is 22.1. The maximum atomic E-state index is 13.0. The van der Waals surface area contributed by atoms with Gasteiger partial charge in [-0.3, -0.25) is 14.3 Å². The Morgan fingerprint density at radius 1 is 0.938 bits per heavy atom. The molecule has 0 spiro atoms. The molecule has 4 aromatic rings. The van der Waals surface area contributed by atoms with Gasteiger partial charge in [0, 0.05) is 49.8 Å². The quantitative estimate of drug-likeness (QED) is 0.505. The van der Waals surface area contributed by atoms with E-state index in [0.29, 0.717) is 37.6 Å². The molecule has 0 unspecified atom stereocenters. The molecule has 1 aromatic carbocycles. The normalized spacial score (nSPS) is 14.6. The first kappa shape index (κ1) is 20.4. The molecule has 1 fully saturated rings. The number of imidazole rings is 1. The van der Waals surface area contributed by atoms with E-state index < -0.39 is 7.05 Å². The minimum absolute atomic E-state index is 0.000330. The van der Waals surface area contributed by atoms with Gasteiger partial charge >= 0.3 is 7.05 Å². The summed E-state index contributed by atoms with van der Waals surface area (Å²) in [6.07, 6.45) is 3.49. The zero-order valence-corrected chi connectivity index (χ0v) is 17.8. The fourth-order valence-electron chi connectivity index (χ4n) is 4.06. The number of benzene rings is 1. The van der Waals surface area contributed by atoms with Crippen molar-refractivity contribution in [3.05, 3.63) is 72.6 Å². The molecule has 0 atom stereocenters. The van der Waals surface area contributed by atoms with Gasteiger partial charge in [0.1, 0.15) is 11.2 Å². The lowest BCUT2D eigenvalue weighted by molar-refractivity contribution is 0.0688. The topological polar surface area (TPSA) is 87.4 Å². The van der Waals surface area contributed by atoms with Gasteiger partial charge in [-0.05, 0) is 55.4 Å². The summed E-state index contributed by atoms with van der Waals surface area (Å²) < 4.78 is 1.97. The SMILES string of the molecule is CB(O)N1CCN(C(=O)c2ccc(-n3c(-c4ccccn4)nc4cccnc43)cc2)CC1. The second-order valence-electron chi connectivity index (χ2n) is 7.84. The van der Waals surface area contributed by atoms with Gasteiger partial charge in [0.05, 0.1) is 0 Å².